The van der Waals surface area contributed by atoms with Crippen LogP contribution in [0.5, 0.6) is 0 Å². The maximum atomic E-state index is 4.34. The molecule has 1 aromatic heterocycles. The molecule has 0 spiro atoms. The standard InChI is InChI=1S/C18H23N3S/c1-19-17(20-13-16-9-5-12-22-16)21-14-18(10-6-11-18)15-7-3-2-4-8-15/h2-5,7-9,12H,6,10-11,13-14H2,1H3,(H2,19,20,21). The minimum atomic E-state index is 0.280. The Bertz CT molecular complexity index is 601. The predicted molar refractivity (Wildman–Crippen MR) is 94.5 cm³/mol. The van der Waals surface area contributed by atoms with Crippen LogP contribution >= 0.6 is 11.3 Å². The molecule has 0 bridgehead atoms. The van der Waals surface area contributed by atoms with Crippen LogP contribution in [0.2, 0.25) is 0 Å². The van der Waals surface area contributed by atoms with Gasteiger partial charge in [0.05, 0.1) is 6.54 Å². The lowest BCUT2D eigenvalue weighted by atomic mass is 9.64. The van der Waals surface area contributed by atoms with E-state index in [-0.39, 0.29) is 5.41 Å². The highest BCUT2D eigenvalue weighted by molar-refractivity contribution is 7.09. The molecule has 1 saturated carbocycles. The van der Waals surface area contributed by atoms with Crippen molar-refractivity contribution < 1.29 is 0 Å². The van der Waals surface area contributed by atoms with Crippen LogP contribution in [0.3, 0.4) is 0 Å². The predicted octanol–water partition coefficient (Wildman–Crippen LogP) is 3.54. The maximum Gasteiger partial charge on any atom is 0.191 e. The van der Waals surface area contributed by atoms with Crippen LogP contribution in [0.15, 0.2) is 52.8 Å². The Morgan fingerprint density at radius 3 is 2.55 bits per heavy atom. The Labute approximate surface area is 136 Å². The number of nitrogens with one attached hydrogen (secondary N) is 2. The normalized spacial score (nSPS) is 16.9. The first kappa shape index (κ1) is 15.1. The second-order valence-corrected chi connectivity index (χ2v) is 6.89. The summed E-state index contributed by atoms with van der Waals surface area (Å²) in [6, 6.07) is 15.1. The van der Waals surface area contributed by atoms with Crippen molar-refractivity contribution in [2.24, 2.45) is 4.99 Å². The number of thiophene rings is 1. The molecule has 1 fully saturated rings. The van der Waals surface area contributed by atoms with Crippen LogP contribution in [0.4, 0.5) is 0 Å². The average Bonchev–Trinajstić information content (AvgIpc) is 3.03. The van der Waals surface area contributed by atoms with Gasteiger partial charge in [0.2, 0.25) is 0 Å². The number of benzene rings is 1. The van der Waals surface area contributed by atoms with Gasteiger partial charge in [-0.15, -0.1) is 11.3 Å². The van der Waals surface area contributed by atoms with Crippen molar-refractivity contribution in [2.75, 3.05) is 13.6 Å². The maximum absolute atomic E-state index is 4.34. The second kappa shape index (κ2) is 6.97. The lowest BCUT2D eigenvalue weighted by molar-refractivity contribution is 0.244. The van der Waals surface area contributed by atoms with Crippen molar-refractivity contribution >= 4 is 17.3 Å². The fourth-order valence-corrected chi connectivity index (χ4v) is 3.66. The molecule has 2 aromatic rings. The SMILES string of the molecule is CN=C(NCc1cccs1)NCC1(c2ccccc2)CCC1. The van der Waals surface area contributed by atoms with Crippen LogP contribution in [0.25, 0.3) is 0 Å². The van der Waals surface area contributed by atoms with Crippen molar-refractivity contribution in [3.05, 3.63) is 58.3 Å². The highest BCUT2D eigenvalue weighted by atomic mass is 32.1. The highest BCUT2D eigenvalue weighted by Crippen LogP contribution is 2.43. The van der Waals surface area contributed by atoms with E-state index in [0.29, 0.717) is 0 Å². The molecule has 3 rings (SSSR count). The Balaban J connectivity index is 1.57. The molecule has 0 radical (unpaired) electrons. The smallest absolute Gasteiger partial charge is 0.191 e. The first-order chi connectivity index (χ1) is 10.8. The minimum Gasteiger partial charge on any atom is -0.356 e. The quantitative estimate of drug-likeness (QED) is 0.654. The van der Waals surface area contributed by atoms with Crippen LogP contribution in [-0.2, 0) is 12.0 Å². The highest BCUT2D eigenvalue weighted by Gasteiger charge is 2.38. The van der Waals surface area contributed by atoms with Gasteiger partial charge >= 0.3 is 0 Å². The summed E-state index contributed by atoms with van der Waals surface area (Å²) in [4.78, 5) is 5.67. The van der Waals surface area contributed by atoms with Crippen LogP contribution < -0.4 is 10.6 Å². The zero-order valence-electron chi connectivity index (χ0n) is 13.0. The Hall–Kier alpha value is -1.81. The van der Waals surface area contributed by atoms with E-state index in [9.17, 15) is 0 Å². The Morgan fingerprint density at radius 2 is 1.95 bits per heavy atom. The summed E-state index contributed by atoms with van der Waals surface area (Å²) >= 11 is 1.77. The second-order valence-electron chi connectivity index (χ2n) is 5.86. The van der Waals surface area contributed by atoms with E-state index in [0.717, 1.165) is 19.0 Å². The Kier molecular flexibility index (Phi) is 4.78. The summed E-state index contributed by atoms with van der Waals surface area (Å²) < 4.78 is 0. The number of hydrogen-bond acceptors (Lipinski definition) is 2. The van der Waals surface area contributed by atoms with Gasteiger partial charge in [0.25, 0.3) is 0 Å². The molecule has 2 N–H and O–H groups in total. The van der Waals surface area contributed by atoms with Crippen molar-refractivity contribution in [3.8, 4) is 0 Å². The summed E-state index contributed by atoms with van der Waals surface area (Å²) in [6.07, 6.45) is 3.83. The zero-order chi connectivity index (χ0) is 15.3. The third kappa shape index (κ3) is 3.33. The van der Waals surface area contributed by atoms with Crippen molar-refractivity contribution in [3.63, 3.8) is 0 Å². The van der Waals surface area contributed by atoms with Gasteiger partial charge < -0.3 is 10.6 Å². The van der Waals surface area contributed by atoms with E-state index in [1.807, 2.05) is 7.05 Å². The summed E-state index contributed by atoms with van der Waals surface area (Å²) in [6.45, 7) is 1.77. The summed E-state index contributed by atoms with van der Waals surface area (Å²) in [5.41, 5.74) is 1.73. The first-order valence-corrected chi connectivity index (χ1v) is 8.73. The lowest BCUT2D eigenvalue weighted by Gasteiger charge is -2.43. The third-order valence-electron chi connectivity index (χ3n) is 4.52. The molecule has 3 nitrogen and oxygen atoms in total. The van der Waals surface area contributed by atoms with Crippen LogP contribution in [0, 0.1) is 0 Å². The van der Waals surface area contributed by atoms with Gasteiger partial charge in [-0.3, -0.25) is 4.99 Å². The van der Waals surface area contributed by atoms with Crippen molar-refractivity contribution in [2.45, 2.75) is 31.2 Å². The van der Waals surface area contributed by atoms with E-state index in [2.05, 4.69) is 63.5 Å². The molecule has 4 heteroatoms. The molecular formula is C18H23N3S. The molecule has 1 heterocycles. The molecular weight excluding hydrogens is 290 g/mol. The molecule has 0 unspecified atom stereocenters. The number of nitrogens with zero attached hydrogens (tertiary/aromatic N) is 1. The van der Waals surface area contributed by atoms with Gasteiger partial charge in [-0.2, -0.15) is 0 Å². The molecule has 116 valence electrons. The van der Waals surface area contributed by atoms with E-state index in [4.69, 9.17) is 0 Å². The molecule has 1 aliphatic carbocycles. The van der Waals surface area contributed by atoms with Crippen molar-refractivity contribution in [1.82, 2.24) is 10.6 Å². The largest absolute Gasteiger partial charge is 0.356 e. The molecule has 1 aliphatic rings. The van der Waals surface area contributed by atoms with E-state index >= 15 is 0 Å². The molecule has 0 aliphatic heterocycles. The van der Waals surface area contributed by atoms with Crippen LogP contribution in [-0.4, -0.2) is 19.6 Å². The topological polar surface area (TPSA) is 36.4 Å². The van der Waals surface area contributed by atoms with E-state index in [1.165, 1.54) is 29.7 Å². The molecule has 0 amide bonds. The number of rotatable bonds is 5. The molecule has 22 heavy (non-hydrogen) atoms. The fraction of sp³-hybridized carbons (Fsp3) is 0.389. The van der Waals surface area contributed by atoms with Gasteiger partial charge in [0.1, 0.15) is 0 Å². The number of aliphatic imine (C=N–C) groups is 1. The first-order valence-electron chi connectivity index (χ1n) is 7.85. The van der Waals surface area contributed by atoms with Gasteiger partial charge in [-0.25, -0.2) is 0 Å². The van der Waals surface area contributed by atoms with Gasteiger partial charge in [0, 0.05) is 23.9 Å². The Morgan fingerprint density at radius 1 is 1.14 bits per heavy atom. The molecule has 1 aromatic carbocycles. The summed E-state index contributed by atoms with van der Waals surface area (Å²) in [7, 11) is 1.83. The molecule has 0 atom stereocenters. The van der Waals surface area contributed by atoms with Crippen LogP contribution in [0.1, 0.15) is 29.7 Å². The zero-order valence-corrected chi connectivity index (χ0v) is 13.8. The lowest BCUT2D eigenvalue weighted by Crippen LogP contribution is -2.48. The fourth-order valence-electron chi connectivity index (χ4n) is 3.02. The van der Waals surface area contributed by atoms with Gasteiger partial charge in [-0.1, -0.05) is 42.8 Å². The summed E-state index contributed by atoms with van der Waals surface area (Å²) in [5.74, 6) is 0.885. The number of guanidine groups is 1. The third-order valence-corrected chi connectivity index (χ3v) is 5.40. The average molecular weight is 313 g/mol. The number of hydrogen-bond donors (Lipinski definition) is 2. The van der Waals surface area contributed by atoms with E-state index < -0.39 is 0 Å². The van der Waals surface area contributed by atoms with E-state index in [1.54, 1.807) is 11.3 Å². The van der Waals surface area contributed by atoms with Crippen molar-refractivity contribution in [1.29, 1.82) is 0 Å². The molecule has 0 saturated heterocycles. The van der Waals surface area contributed by atoms with Gasteiger partial charge in [0.15, 0.2) is 5.96 Å². The summed E-state index contributed by atoms with van der Waals surface area (Å²) in [5, 5.41) is 9.01. The monoisotopic (exact) mass is 313 g/mol. The minimum absolute atomic E-state index is 0.280. The van der Waals surface area contributed by atoms with Gasteiger partial charge in [-0.05, 0) is 29.9 Å².